The van der Waals surface area contributed by atoms with Gasteiger partial charge in [-0.1, -0.05) is 20.8 Å². The second kappa shape index (κ2) is 5.54. The van der Waals surface area contributed by atoms with Gasteiger partial charge in [-0.15, -0.1) is 0 Å². The van der Waals surface area contributed by atoms with Crippen molar-refractivity contribution in [2.75, 3.05) is 13.1 Å². The summed E-state index contributed by atoms with van der Waals surface area (Å²) in [5.74, 6) is 1.38. The van der Waals surface area contributed by atoms with Crippen LogP contribution in [0.3, 0.4) is 0 Å². The molecular weight excluding hydrogens is 268 g/mol. The molecule has 0 radical (unpaired) electrons. The summed E-state index contributed by atoms with van der Waals surface area (Å²) in [5.41, 5.74) is 0.465. The van der Waals surface area contributed by atoms with Gasteiger partial charge in [0.2, 0.25) is 5.91 Å². The minimum Gasteiger partial charge on any atom is -0.465 e. The fraction of sp³-hybridized carbons (Fsp3) is 0.625. The third-order valence-electron chi connectivity index (χ3n) is 3.84. The van der Waals surface area contributed by atoms with E-state index >= 15 is 0 Å². The van der Waals surface area contributed by atoms with Crippen molar-refractivity contribution < 1.29 is 14.0 Å². The highest BCUT2D eigenvalue weighted by Gasteiger charge is 2.30. The van der Waals surface area contributed by atoms with Gasteiger partial charge in [-0.05, 0) is 19.9 Å². The number of nitrogens with one attached hydrogen (secondary N) is 1. The van der Waals surface area contributed by atoms with Crippen molar-refractivity contribution in [3.05, 3.63) is 23.2 Å². The van der Waals surface area contributed by atoms with E-state index in [2.05, 4.69) is 26.1 Å². The molecule has 21 heavy (non-hydrogen) atoms. The van der Waals surface area contributed by atoms with E-state index in [0.29, 0.717) is 30.8 Å². The maximum Gasteiger partial charge on any atom is 0.257 e. The Balaban J connectivity index is 2.27. The summed E-state index contributed by atoms with van der Waals surface area (Å²) < 4.78 is 5.75. The summed E-state index contributed by atoms with van der Waals surface area (Å²) in [6, 6.07) is 1.73. The van der Waals surface area contributed by atoms with Crippen LogP contribution in [0.4, 0.5) is 0 Å². The van der Waals surface area contributed by atoms with Gasteiger partial charge in [0, 0.05) is 31.0 Å². The van der Waals surface area contributed by atoms with E-state index in [-0.39, 0.29) is 23.3 Å². The summed E-state index contributed by atoms with van der Waals surface area (Å²) >= 11 is 0. The van der Waals surface area contributed by atoms with E-state index in [1.54, 1.807) is 4.90 Å². The van der Waals surface area contributed by atoms with Crippen LogP contribution in [0, 0.1) is 6.92 Å². The van der Waals surface area contributed by atoms with Crippen LogP contribution in [0.5, 0.6) is 0 Å². The van der Waals surface area contributed by atoms with E-state index < -0.39 is 0 Å². The first-order valence-corrected chi connectivity index (χ1v) is 7.38. The Bertz CT molecular complexity index is 554. The van der Waals surface area contributed by atoms with Crippen molar-refractivity contribution in [3.63, 3.8) is 0 Å². The van der Waals surface area contributed by atoms with Gasteiger partial charge < -0.3 is 14.6 Å². The summed E-state index contributed by atoms with van der Waals surface area (Å²) in [4.78, 5) is 26.0. The van der Waals surface area contributed by atoms with Crippen molar-refractivity contribution in [2.45, 2.75) is 52.5 Å². The monoisotopic (exact) mass is 292 g/mol. The molecule has 0 bridgehead atoms. The Morgan fingerprint density at radius 1 is 1.43 bits per heavy atom. The Morgan fingerprint density at radius 2 is 2.10 bits per heavy atom. The first-order valence-electron chi connectivity index (χ1n) is 7.38. The number of hydrogen-bond acceptors (Lipinski definition) is 3. The van der Waals surface area contributed by atoms with Crippen molar-refractivity contribution in [1.29, 1.82) is 0 Å². The molecule has 0 spiro atoms. The van der Waals surface area contributed by atoms with Crippen LogP contribution in [0.15, 0.2) is 10.5 Å². The molecule has 0 saturated carbocycles. The molecule has 116 valence electrons. The zero-order valence-electron chi connectivity index (χ0n) is 13.4. The molecule has 1 unspecified atom stereocenters. The van der Waals surface area contributed by atoms with Crippen LogP contribution < -0.4 is 5.32 Å². The topological polar surface area (TPSA) is 62.6 Å². The minimum absolute atomic E-state index is 0.00269. The van der Waals surface area contributed by atoms with Crippen molar-refractivity contribution in [1.82, 2.24) is 10.2 Å². The minimum atomic E-state index is -0.134. The molecule has 5 heteroatoms. The highest BCUT2D eigenvalue weighted by atomic mass is 16.3. The lowest BCUT2D eigenvalue weighted by Crippen LogP contribution is -2.39. The molecule has 1 N–H and O–H groups in total. The lowest BCUT2D eigenvalue weighted by molar-refractivity contribution is -0.121. The van der Waals surface area contributed by atoms with E-state index in [1.807, 2.05) is 19.9 Å². The predicted molar refractivity (Wildman–Crippen MR) is 80.3 cm³/mol. The first kappa shape index (κ1) is 15.6. The number of nitrogens with zero attached hydrogens (tertiary/aromatic N) is 1. The number of rotatable bonds is 1. The zero-order valence-corrected chi connectivity index (χ0v) is 13.4. The Kier molecular flexibility index (Phi) is 4.12. The SMILES string of the molecule is Cc1oc(C(C)(C)C)cc1C(=O)N1CCNC(=O)CC1C. The molecule has 0 aliphatic carbocycles. The van der Waals surface area contributed by atoms with E-state index in [1.165, 1.54) is 0 Å². The molecule has 1 aliphatic heterocycles. The highest BCUT2D eigenvalue weighted by Crippen LogP contribution is 2.28. The fourth-order valence-corrected chi connectivity index (χ4v) is 2.51. The Labute approximate surface area is 125 Å². The van der Waals surface area contributed by atoms with Crippen molar-refractivity contribution >= 4 is 11.8 Å². The van der Waals surface area contributed by atoms with Gasteiger partial charge in [-0.3, -0.25) is 9.59 Å². The van der Waals surface area contributed by atoms with Crippen LogP contribution >= 0.6 is 0 Å². The molecule has 1 aliphatic rings. The first-order chi connectivity index (χ1) is 9.70. The quantitative estimate of drug-likeness (QED) is 0.863. The van der Waals surface area contributed by atoms with Gasteiger partial charge >= 0.3 is 0 Å². The lowest BCUT2D eigenvalue weighted by atomic mass is 9.93. The van der Waals surface area contributed by atoms with Gasteiger partial charge in [0.1, 0.15) is 11.5 Å². The fourth-order valence-electron chi connectivity index (χ4n) is 2.51. The average Bonchev–Trinajstić information content (AvgIpc) is 2.67. The number of hydrogen-bond donors (Lipinski definition) is 1. The third kappa shape index (κ3) is 3.28. The molecular formula is C16H24N2O3. The molecule has 2 heterocycles. The van der Waals surface area contributed by atoms with Gasteiger partial charge in [0.15, 0.2) is 0 Å². The second-order valence-corrected chi connectivity index (χ2v) is 6.73. The second-order valence-electron chi connectivity index (χ2n) is 6.73. The largest absolute Gasteiger partial charge is 0.465 e. The van der Waals surface area contributed by atoms with Crippen LogP contribution in [-0.4, -0.2) is 35.8 Å². The van der Waals surface area contributed by atoms with Gasteiger partial charge in [0.25, 0.3) is 5.91 Å². The number of aryl methyl sites for hydroxylation is 1. The van der Waals surface area contributed by atoms with Crippen LogP contribution in [0.1, 0.15) is 56.0 Å². The molecule has 1 fully saturated rings. The number of amides is 2. The number of carbonyl (C=O) groups is 2. The standard InChI is InChI=1S/C16H24N2O3/c1-10-8-14(19)17-6-7-18(10)15(20)12-9-13(16(3,4)5)21-11(12)2/h9-10H,6-8H2,1-5H3,(H,17,19). The molecule has 2 rings (SSSR count). The maximum absolute atomic E-state index is 12.8. The lowest BCUT2D eigenvalue weighted by Gasteiger charge is -2.25. The summed E-state index contributed by atoms with van der Waals surface area (Å²) in [5, 5.41) is 2.80. The van der Waals surface area contributed by atoms with E-state index in [0.717, 1.165) is 5.76 Å². The maximum atomic E-state index is 12.8. The van der Waals surface area contributed by atoms with Crippen LogP contribution in [0.2, 0.25) is 0 Å². The van der Waals surface area contributed by atoms with Gasteiger partial charge in [-0.25, -0.2) is 0 Å². The predicted octanol–water partition coefficient (Wildman–Crippen LogP) is 2.24. The third-order valence-corrected chi connectivity index (χ3v) is 3.84. The molecule has 5 nitrogen and oxygen atoms in total. The summed E-state index contributed by atoms with van der Waals surface area (Å²) in [6.45, 7) is 10.9. The Morgan fingerprint density at radius 3 is 2.67 bits per heavy atom. The molecule has 1 saturated heterocycles. The molecule has 1 aromatic heterocycles. The van der Waals surface area contributed by atoms with Crippen LogP contribution in [-0.2, 0) is 10.2 Å². The van der Waals surface area contributed by atoms with Crippen molar-refractivity contribution in [3.8, 4) is 0 Å². The smallest absolute Gasteiger partial charge is 0.257 e. The van der Waals surface area contributed by atoms with Crippen LogP contribution in [0.25, 0.3) is 0 Å². The van der Waals surface area contributed by atoms with E-state index in [9.17, 15) is 9.59 Å². The molecule has 1 atom stereocenters. The van der Waals surface area contributed by atoms with Gasteiger partial charge in [-0.2, -0.15) is 0 Å². The molecule has 0 aromatic carbocycles. The highest BCUT2D eigenvalue weighted by molar-refractivity contribution is 5.96. The summed E-state index contributed by atoms with van der Waals surface area (Å²) in [6.07, 6.45) is 0.342. The number of carbonyl (C=O) groups excluding carboxylic acids is 2. The average molecular weight is 292 g/mol. The normalized spacial score (nSPS) is 20.1. The van der Waals surface area contributed by atoms with Gasteiger partial charge in [0.05, 0.1) is 5.56 Å². The molecule has 2 amide bonds. The van der Waals surface area contributed by atoms with E-state index in [4.69, 9.17) is 4.42 Å². The van der Waals surface area contributed by atoms with Crippen molar-refractivity contribution in [2.24, 2.45) is 0 Å². The molecule has 1 aromatic rings. The number of furan rings is 1. The summed E-state index contributed by atoms with van der Waals surface area (Å²) in [7, 11) is 0. The Hall–Kier alpha value is -1.78. The zero-order chi connectivity index (χ0) is 15.8.